The Morgan fingerprint density at radius 2 is 0.944 bits per heavy atom. The van der Waals surface area contributed by atoms with E-state index in [1.165, 1.54) is 24.3 Å². The lowest BCUT2D eigenvalue weighted by molar-refractivity contribution is 0.512. The van der Waals surface area contributed by atoms with E-state index in [4.69, 9.17) is 21.0 Å². The highest BCUT2D eigenvalue weighted by atomic mass is 32.1. The van der Waals surface area contributed by atoms with Gasteiger partial charge in [0.2, 0.25) is 0 Å². The Kier molecular flexibility index (Phi) is 5.04. The summed E-state index contributed by atoms with van der Waals surface area (Å²) in [7, 11) is 0. The molecule has 5 aromatic rings. The van der Waals surface area contributed by atoms with E-state index in [0.717, 1.165) is 0 Å². The second-order valence-corrected chi connectivity index (χ2v) is 8.97. The molecule has 0 radical (unpaired) electrons. The van der Waals surface area contributed by atoms with Gasteiger partial charge in [-0.15, -0.1) is 22.7 Å². The van der Waals surface area contributed by atoms with Crippen LogP contribution in [0, 0.1) is 80.2 Å². The van der Waals surface area contributed by atoms with Crippen LogP contribution in [0.3, 0.4) is 0 Å². The van der Waals surface area contributed by atoms with Crippen molar-refractivity contribution >= 4 is 75.8 Å². The fourth-order valence-corrected chi connectivity index (χ4v) is 5.69. The van der Waals surface area contributed by atoms with Crippen LogP contribution >= 0.6 is 22.7 Å². The van der Waals surface area contributed by atoms with E-state index in [2.05, 4.69) is 9.97 Å². The first-order valence-corrected chi connectivity index (χ1v) is 10.9. The van der Waals surface area contributed by atoms with Crippen molar-refractivity contribution in [3.8, 4) is 24.3 Å². The molecule has 2 aromatic heterocycles. The van der Waals surface area contributed by atoms with Crippen LogP contribution in [-0.2, 0) is 0 Å². The van der Waals surface area contributed by atoms with E-state index in [1.54, 1.807) is 0 Å². The lowest BCUT2D eigenvalue weighted by atomic mass is 9.99. The monoisotopic (exact) mass is 526 g/mol. The molecule has 0 unspecified atom stereocenters. The number of thiazole rings is 2. The minimum atomic E-state index is -1.95. The molecular weight excluding hydrogens is 526 g/mol. The molecule has 6 nitrogen and oxygen atoms in total. The van der Waals surface area contributed by atoms with Gasteiger partial charge in [-0.1, -0.05) is 0 Å². The van der Waals surface area contributed by atoms with E-state index >= 15 is 8.78 Å². The molecule has 5 rings (SSSR count). The zero-order chi connectivity index (χ0) is 26.0. The van der Waals surface area contributed by atoms with Gasteiger partial charge in [0.25, 0.3) is 0 Å². The van der Waals surface area contributed by atoms with Crippen LogP contribution in [0.4, 0.5) is 26.3 Å². The lowest BCUT2D eigenvalue weighted by Crippen LogP contribution is -2.03. The van der Waals surface area contributed by atoms with Crippen molar-refractivity contribution < 1.29 is 26.3 Å². The highest BCUT2D eigenvalue weighted by Crippen LogP contribution is 2.43. The fourth-order valence-electron chi connectivity index (χ4n) is 3.69. The number of nitriles is 4. The molecule has 0 atom stereocenters. The van der Waals surface area contributed by atoms with Crippen molar-refractivity contribution in [2.75, 3.05) is 0 Å². The predicted octanol–water partition coefficient (Wildman–Crippen LogP) is 4.44. The minimum Gasteiger partial charge on any atom is -0.234 e. The van der Waals surface area contributed by atoms with Gasteiger partial charge in [0.15, 0.2) is 34.4 Å². The van der Waals surface area contributed by atoms with E-state index in [-0.39, 0.29) is 0 Å². The first kappa shape index (κ1) is 23.0. The van der Waals surface area contributed by atoms with Gasteiger partial charge < -0.3 is 0 Å². The minimum absolute atomic E-state index is 0.337. The summed E-state index contributed by atoms with van der Waals surface area (Å²) in [6.45, 7) is 0. The normalized spacial score (nSPS) is 10.9. The van der Waals surface area contributed by atoms with Gasteiger partial charge in [-0.25, -0.2) is 36.3 Å². The Bertz CT molecular complexity index is 1990. The van der Waals surface area contributed by atoms with Crippen molar-refractivity contribution in [2.24, 2.45) is 0 Å². The zero-order valence-electron chi connectivity index (χ0n) is 16.8. The zero-order valence-corrected chi connectivity index (χ0v) is 18.4. The van der Waals surface area contributed by atoms with Gasteiger partial charge in [0, 0.05) is 5.39 Å². The standard InChI is InChI=1S/C22F6N6S2/c23-11-7-9(17-20(16(28)14(7)26)36-21(33-17)5(1-29)2-30)12(24)10-8(11)13(25)15(27)18-19(10)35-22(34-18)6(3-31)4-32. The average Bonchev–Trinajstić information content (AvgIpc) is 3.49. The van der Waals surface area contributed by atoms with Crippen molar-refractivity contribution in [1.82, 2.24) is 9.97 Å². The van der Waals surface area contributed by atoms with Gasteiger partial charge >= 0.3 is 0 Å². The second-order valence-electron chi connectivity index (χ2n) is 6.97. The smallest absolute Gasteiger partial charge is 0.186 e. The van der Waals surface area contributed by atoms with Gasteiger partial charge in [0.1, 0.15) is 50.8 Å². The third-order valence-corrected chi connectivity index (χ3v) is 7.36. The third kappa shape index (κ3) is 2.80. The summed E-state index contributed by atoms with van der Waals surface area (Å²) < 4.78 is 89.1. The number of benzene rings is 3. The van der Waals surface area contributed by atoms with Crippen LogP contribution in [0.25, 0.3) is 53.1 Å². The molecule has 2 heterocycles. The van der Waals surface area contributed by atoms with Crippen molar-refractivity contribution in [3.05, 3.63) is 44.2 Å². The molecule has 0 spiro atoms. The molecular formula is C22F6N6S2. The first-order chi connectivity index (χ1) is 17.2. The molecule has 36 heavy (non-hydrogen) atoms. The van der Waals surface area contributed by atoms with Gasteiger partial charge in [0.05, 0.1) is 31.1 Å². The Morgan fingerprint density at radius 3 is 1.50 bits per heavy atom. The molecule has 0 fully saturated rings. The second kappa shape index (κ2) is 7.89. The Morgan fingerprint density at radius 1 is 0.500 bits per heavy atom. The fraction of sp³-hybridized carbons (Fsp3) is 0. The summed E-state index contributed by atoms with van der Waals surface area (Å²) in [6, 6.07) is 5.98. The SMILES string of the molecule is N#CC(C#N)=c1nc2c(s1)c(F)c(F)c1c(F)c3c(F)c(F)c4nc(=C(C#N)C#N)sc4c3c(F)c12. The van der Waals surface area contributed by atoms with Crippen LogP contribution < -0.4 is 9.33 Å². The number of hydrogen-bond donors (Lipinski definition) is 0. The Labute approximate surface area is 201 Å². The summed E-state index contributed by atoms with van der Waals surface area (Å²) in [6.07, 6.45) is 0. The number of aromatic nitrogens is 2. The van der Waals surface area contributed by atoms with Crippen LogP contribution in [0.15, 0.2) is 0 Å². The average molecular weight is 526 g/mol. The molecule has 0 amide bonds. The van der Waals surface area contributed by atoms with Gasteiger partial charge in [-0.3, -0.25) is 0 Å². The first-order valence-electron chi connectivity index (χ1n) is 9.24. The molecule has 0 saturated carbocycles. The van der Waals surface area contributed by atoms with Crippen molar-refractivity contribution in [1.29, 1.82) is 21.0 Å². The summed E-state index contributed by atoms with van der Waals surface area (Å²) >= 11 is 0.723. The molecule has 0 N–H and O–H groups in total. The third-order valence-electron chi connectivity index (χ3n) is 5.20. The molecule has 0 bridgehead atoms. The summed E-state index contributed by atoms with van der Waals surface area (Å²) in [5.41, 5.74) is -2.69. The molecule has 3 aromatic carbocycles. The number of rotatable bonds is 0. The molecule has 0 aliphatic carbocycles. The Hall–Kier alpha value is -4.76. The predicted molar refractivity (Wildman–Crippen MR) is 116 cm³/mol. The molecule has 0 aliphatic rings. The van der Waals surface area contributed by atoms with E-state index in [1.807, 2.05) is 0 Å². The number of halogens is 6. The summed E-state index contributed by atoms with van der Waals surface area (Å²) in [5.74, 6) is -10.7. The maximum absolute atomic E-state index is 16.0. The largest absolute Gasteiger partial charge is 0.234 e. The maximum atomic E-state index is 16.0. The molecule has 0 aliphatic heterocycles. The van der Waals surface area contributed by atoms with Crippen molar-refractivity contribution in [2.45, 2.75) is 0 Å². The van der Waals surface area contributed by atoms with Gasteiger partial charge in [-0.2, -0.15) is 21.0 Å². The summed E-state index contributed by atoms with van der Waals surface area (Å²) in [5, 5.41) is 31.7. The lowest BCUT2D eigenvalue weighted by Gasteiger charge is -2.11. The highest BCUT2D eigenvalue weighted by molar-refractivity contribution is 7.18. The van der Waals surface area contributed by atoms with Crippen LogP contribution in [0.2, 0.25) is 0 Å². The van der Waals surface area contributed by atoms with Gasteiger partial charge in [-0.05, 0) is 0 Å². The van der Waals surface area contributed by atoms with Crippen molar-refractivity contribution in [3.63, 3.8) is 0 Å². The molecule has 14 heteroatoms. The van der Waals surface area contributed by atoms with E-state index < -0.39 is 97.4 Å². The molecule has 0 saturated heterocycles. The topological polar surface area (TPSA) is 121 Å². The van der Waals surface area contributed by atoms with E-state index in [9.17, 15) is 17.6 Å². The summed E-state index contributed by atoms with van der Waals surface area (Å²) in [4.78, 5) is 7.50. The quantitative estimate of drug-likeness (QED) is 0.217. The molecule has 172 valence electrons. The number of hydrogen-bond acceptors (Lipinski definition) is 8. The number of fused-ring (bicyclic) bond motifs is 6. The Balaban J connectivity index is 2.18. The maximum Gasteiger partial charge on any atom is 0.186 e. The van der Waals surface area contributed by atoms with Crippen LogP contribution in [-0.4, -0.2) is 9.97 Å². The van der Waals surface area contributed by atoms with E-state index in [0.29, 0.717) is 22.7 Å². The van der Waals surface area contributed by atoms with Crippen LogP contribution in [0.5, 0.6) is 0 Å². The van der Waals surface area contributed by atoms with Crippen LogP contribution in [0.1, 0.15) is 0 Å². The number of nitrogens with zero attached hydrogens (tertiary/aromatic N) is 6. The highest BCUT2D eigenvalue weighted by Gasteiger charge is 2.31.